The molecule has 19 heavy (non-hydrogen) atoms. The van der Waals surface area contributed by atoms with E-state index in [2.05, 4.69) is 0 Å². The van der Waals surface area contributed by atoms with E-state index in [1.807, 2.05) is 0 Å². The SMILES string of the molecule is CN(C(=O)CCOCC1CCCO1)C(C)(C)C(=O)O. The molecule has 1 aliphatic rings. The fourth-order valence-corrected chi connectivity index (χ4v) is 1.77. The highest BCUT2D eigenvalue weighted by atomic mass is 16.5. The summed E-state index contributed by atoms with van der Waals surface area (Å²) in [5.74, 6) is -1.26. The monoisotopic (exact) mass is 273 g/mol. The Morgan fingerprint density at radius 1 is 1.47 bits per heavy atom. The lowest BCUT2D eigenvalue weighted by molar-refractivity contribution is -0.155. The Labute approximate surface area is 113 Å². The fourth-order valence-electron chi connectivity index (χ4n) is 1.77. The summed E-state index contributed by atoms with van der Waals surface area (Å²) in [4.78, 5) is 24.1. The van der Waals surface area contributed by atoms with Gasteiger partial charge in [-0.25, -0.2) is 4.79 Å². The molecule has 0 saturated carbocycles. The normalized spacial score (nSPS) is 19.4. The third kappa shape index (κ3) is 4.47. The number of ether oxygens (including phenoxy) is 2. The first kappa shape index (κ1) is 15.9. The molecular weight excluding hydrogens is 250 g/mol. The average molecular weight is 273 g/mol. The summed E-state index contributed by atoms with van der Waals surface area (Å²) >= 11 is 0. The van der Waals surface area contributed by atoms with Gasteiger partial charge in [-0.3, -0.25) is 4.79 Å². The Hall–Kier alpha value is -1.14. The molecule has 6 nitrogen and oxygen atoms in total. The predicted octanol–water partition coefficient (Wildman–Crippen LogP) is 0.894. The maximum atomic E-state index is 11.8. The molecule has 0 aromatic carbocycles. The van der Waals surface area contributed by atoms with Gasteiger partial charge in [0.2, 0.25) is 5.91 Å². The Balaban J connectivity index is 2.24. The molecular formula is C13H23NO5. The summed E-state index contributed by atoms with van der Waals surface area (Å²) in [6.45, 7) is 4.57. The van der Waals surface area contributed by atoms with E-state index in [1.54, 1.807) is 0 Å². The first-order valence-corrected chi connectivity index (χ1v) is 6.55. The maximum absolute atomic E-state index is 11.8. The zero-order chi connectivity index (χ0) is 14.5. The maximum Gasteiger partial charge on any atom is 0.329 e. The number of carbonyl (C=O) groups excluding carboxylic acids is 1. The molecule has 1 N–H and O–H groups in total. The van der Waals surface area contributed by atoms with Gasteiger partial charge in [-0.1, -0.05) is 0 Å². The molecule has 0 aromatic heterocycles. The quantitative estimate of drug-likeness (QED) is 0.697. The summed E-state index contributed by atoms with van der Waals surface area (Å²) in [5, 5.41) is 9.03. The molecule has 110 valence electrons. The van der Waals surface area contributed by atoms with Crippen molar-refractivity contribution in [3.8, 4) is 0 Å². The Morgan fingerprint density at radius 3 is 2.68 bits per heavy atom. The van der Waals surface area contributed by atoms with Gasteiger partial charge in [-0.15, -0.1) is 0 Å². The van der Waals surface area contributed by atoms with Crippen LogP contribution in [0.25, 0.3) is 0 Å². The van der Waals surface area contributed by atoms with E-state index in [4.69, 9.17) is 14.6 Å². The van der Waals surface area contributed by atoms with E-state index in [0.717, 1.165) is 19.4 Å². The first-order valence-electron chi connectivity index (χ1n) is 6.55. The highest BCUT2D eigenvalue weighted by Gasteiger charge is 2.34. The van der Waals surface area contributed by atoms with Gasteiger partial charge in [-0.2, -0.15) is 0 Å². The molecule has 6 heteroatoms. The minimum atomic E-state index is -1.20. The van der Waals surface area contributed by atoms with Gasteiger partial charge in [0.1, 0.15) is 5.54 Å². The van der Waals surface area contributed by atoms with Crippen LogP contribution in [0.5, 0.6) is 0 Å². The third-order valence-corrected chi connectivity index (χ3v) is 3.52. The molecule has 0 radical (unpaired) electrons. The number of hydrogen-bond acceptors (Lipinski definition) is 4. The van der Waals surface area contributed by atoms with E-state index >= 15 is 0 Å². The molecule has 0 aromatic rings. The van der Waals surface area contributed by atoms with Crippen LogP contribution in [-0.2, 0) is 19.1 Å². The van der Waals surface area contributed by atoms with E-state index in [1.165, 1.54) is 25.8 Å². The molecule has 1 atom stereocenters. The van der Waals surface area contributed by atoms with Crippen LogP contribution in [-0.4, -0.2) is 60.4 Å². The van der Waals surface area contributed by atoms with Gasteiger partial charge in [0.25, 0.3) is 0 Å². The molecule has 1 aliphatic heterocycles. The number of carboxylic acid groups (broad SMARTS) is 1. The Bertz CT molecular complexity index is 323. The number of carbonyl (C=O) groups is 2. The summed E-state index contributed by atoms with van der Waals surface area (Å²) < 4.78 is 10.8. The van der Waals surface area contributed by atoms with Crippen LogP contribution in [0.15, 0.2) is 0 Å². The Morgan fingerprint density at radius 2 is 2.16 bits per heavy atom. The number of carboxylic acids is 1. The van der Waals surface area contributed by atoms with Crippen molar-refractivity contribution in [2.75, 3.05) is 26.9 Å². The molecule has 1 saturated heterocycles. The number of nitrogens with zero attached hydrogens (tertiary/aromatic N) is 1. The molecule has 1 rings (SSSR count). The number of likely N-dealkylation sites (N-methyl/N-ethyl adjacent to an activating group) is 1. The first-order chi connectivity index (χ1) is 8.85. The average Bonchev–Trinajstić information content (AvgIpc) is 2.86. The van der Waals surface area contributed by atoms with Crippen molar-refractivity contribution in [3.63, 3.8) is 0 Å². The highest BCUT2D eigenvalue weighted by molar-refractivity contribution is 5.86. The zero-order valence-corrected chi connectivity index (χ0v) is 11.8. The second kappa shape index (κ2) is 6.86. The molecule has 0 aliphatic carbocycles. The number of aliphatic carboxylic acids is 1. The van der Waals surface area contributed by atoms with Crippen molar-refractivity contribution >= 4 is 11.9 Å². The van der Waals surface area contributed by atoms with Crippen LogP contribution in [0.2, 0.25) is 0 Å². The van der Waals surface area contributed by atoms with Crippen LogP contribution < -0.4 is 0 Å². The van der Waals surface area contributed by atoms with Crippen LogP contribution in [0.4, 0.5) is 0 Å². The highest BCUT2D eigenvalue weighted by Crippen LogP contribution is 2.14. The molecule has 1 amide bonds. The zero-order valence-electron chi connectivity index (χ0n) is 11.8. The molecule has 0 spiro atoms. The number of hydrogen-bond donors (Lipinski definition) is 1. The second-order valence-corrected chi connectivity index (χ2v) is 5.28. The topological polar surface area (TPSA) is 76.1 Å². The number of rotatable bonds is 7. The summed E-state index contributed by atoms with van der Waals surface area (Å²) in [6.07, 6.45) is 2.38. The lowest BCUT2D eigenvalue weighted by Crippen LogP contribution is -2.51. The van der Waals surface area contributed by atoms with E-state index in [-0.39, 0.29) is 18.4 Å². The van der Waals surface area contributed by atoms with Gasteiger partial charge in [0.15, 0.2) is 0 Å². The van der Waals surface area contributed by atoms with Crippen molar-refractivity contribution in [1.29, 1.82) is 0 Å². The van der Waals surface area contributed by atoms with Crippen LogP contribution in [0, 0.1) is 0 Å². The number of amides is 1. The van der Waals surface area contributed by atoms with Gasteiger partial charge >= 0.3 is 5.97 Å². The van der Waals surface area contributed by atoms with Crippen molar-refractivity contribution in [2.45, 2.75) is 44.8 Å². The van der Waals surface area contributed by atoms with Crippen LogP contribution in [0.3, 0.4) is 0 Å². The van der Waals surface area contributed by atoms with Crippen molar-refractivity contribution in [3.05, 3.63) is 0 Å². The van der Waals surface area contributed by atoms with Gasteiger partial charge in [-0.05, 0) is 26.7 Å². The minimum Gasteiger partial charge on any atom is -0.480 e. The summed E-state index contributed by atoms with van der Waals surface area (Å²) in [7, 11) is 1.50. The molecule has 1 fully saturated rings. The van der Waals surface area contributed by atoms with Crippen LogP contribution >= 0.6 is 0 Å². The van der Waals surface area contributed by atoms with Gasteiger partial charge < -0.3 is 19.5 Å². The standard InChI is InChI=1S/C13H23NO5/c1-13(2,12(16)17)14(3)11(15)6-8-18-9-10-5-4-7-19-10/h10H,4-9H2,1-3H3,(H,16,17). The third-order valence-electron chi connectivity index (χ3n) is 3.52. The van der Waals surface area contributed by atoms with E-state index in [0.29, 0.717) is 13.2 Å². The lowest BCUT2D eigenvalue weighted by atomic mass is 10.0. The Kier molecular flexibility index (Phi) is 5.75. The fraction of sp³-hybridized carbons (Fsp3) is 0.846. The summed E-state index contributed by atoms with van der Waals surface area (Å²) in [5.41, 5.74) is -1.20. The minimum absolute atomic E-state index is 0.142. The van der Waals surface area contributed by atoms with Crippen LogP contribution in [0.1, 0.15) is 33.1 Å². The smallest absolute Gasteiger partial charge is 0.329 e. The molecule has 1 unspecified atom stereocenters. The van der Waals surface area contributed by atoms with Crippen molar-refractivity contribution in [2.24, 2.45) is 0 Å². The van der Waals surface area contributed by atoms with E-state index < -0.39 is 11.5 Å². The predicted molar refractivity (Wildman–Crippen MR) is 68.9 cm³/mol. The second-order valence-electron chi connectivity index (χ2n) is 5.28. The molecule has 1 heterocycles. The molecule has 0 bridgehead atoms. The van der Waals surface area contributed by atoms with Gasteiger partial charge in [0.05, 0.1) is 25.7 Å². The largest absolute Gasteiger partial charge is 0.480 e. The van der Waals surface area contributed by atoms with Gasteiger partial charge in [0, 0.05) is 13.7 Å². The lowest BCUT2D eigenvalue weighted by Gasteiger charge is -2.31. The van der Waals surface area contributed by atoms with E-state index in [9.17, 15) is 9.59 Å². The summed E-state index contributed by atoms with van der Waals surface area (Å²) in [6, 6.07) is 0. The van der Waals surface area contributed by atoms with Crippen molar-refractivity contribution in [1.82, 2.24) is 4.90 Å². The van der Waals surface area contributed by atoms with Crippen molar-refractivity contribution < 1.29 is 24.2 Å².